The van der Waals surface area contributed by atoms with Gasteiger partial charge < -0.3 is 5.11 Å². The van der Waals surface area contributed by atoms with Crippen LogP contribution < -0.4 is 10.2 Å². The van der Waals surface area contributed by atoms with Crippen molar-refractivity contribution in [2.24, 2.45) is 17.8 Å². The van der Waals surface area contributed by atoms with Gasteiger partial charge in [-0.2, -0.15) is 0 Å². The summed E-state index contributed by atoms with van der Waals surface area (Å²) in [7, 11) is 0. The molecule has 2 amide bonds. The number of anilines is 1. The highest BCUT2D eigenvalue weighted by Crippen LogP contribution is 2.48. The first-order valence-electron chi connectivity index (χ1n) is 11.1. The zero-order chi connectivity index (χ0) is 24.6. The van der Waals surface area contributed by atoms with E-state index in [9.17, 15) is 29.6 Å². The monoisotopic (exact) mass is 463 g/mol. The van der Waals surface area contributed by atoms with Crippen molar-refractivity contribution < 1.29 is 24.4 Å². The zero-order valence-electron chi connectivity index (χ0n) is 18.8. The number of fused-ring (bicyclic) bond motifs is 1. The number of hydrogen-bond donors (Lipinski definition) is 2. The number of nitrogens with zero attached hydrogens (tertiary/aromatic N) is 2. The van der Waals surface area contributed by atoms with Gasteiger partial charge in [0.25, 0.3) is 5.69 Å². The molecule has 9 heteroatoms. The molecular weight excluding hydrogens is 438 g/mol. The molecule has 0 bridgehead atoms. The van der Waals surface area contributed by atoms with Gasteiger partial charge in [0.15, 0.2) is 0 Å². The number of carboxylic acids is 1. The molecule has 2 saturated heterocycles. The van der Waals surface area contributed by atoms with Crippen LogP contribution in [0.2, 0.25) is 0 Å². The van der Waals surface area contributed by atoms with Crippen molar-refractivity contribution in [2.75, 3.05) is 4.90 Å². The Bertz CT molecular complexity index is 1180. The van der Waals surface area contributed by atoms with Crippen LogP contribution in [-0.4, -0.2) is 39.4 Å². The lowest BCUT2D eigenvalue weighted by Gasteiger charge is -2.35. The molecule has 5 unspecified atom stereocenters. The Balaban J connectivity index is 1.82. The Morgan fingerprint density at radius 2 is 1.91 bits per heavy atom. The average Bonchev–Trinajstić information content (AvgIpc) is 3.32. The first kappa shape index (κ1) is 23.3. The maximum absolute atomic E-state index is 13.6. The molecule has 2 aromatic rings. The van der Waals surface area contributed by atoms with Crippen molar-refractivity contribution in [3.63, 3.8) is 0 Å². The Labute approximate surface area is 196 Å². The standard InChI is InChI=1S/C25H25N3O6/c1-3-15(2)25(24(31)32)21-20(19(26-25)13-12-16-8-5-4-6-9-16)22(29)27(23(21)30)17-10-7-11-18(14-17)28(33)34/h4-15,19-21,26H,3H2,1-2H3,(H,31,32). The quantitative estimate of drug-likeness (QED) is 0.366. The van der Waals surface area contributed by atoms with Gasteiger partial charge in [-0.1, -0.05) is 68.8 Å². The van der Waals surface area contributed by atoms with Gasteiger partial charge in [0.05, 0.1) is 22.4 Å². The maximum Gasteiger partial charge on any atom is 0.325 e. The summed E-state index contributed by atoms with van der Waals surface area (Å²) in [5, 5.41) is 24.7. The van der Waals surface area contributed by atoms with E-state index in [1.165, 1.54) is 18.2 Å². The van der Waals surface area contributed by atoms with Crippen LogP contribution in [0.5, 0.6) is 0 Å². The summed E-state index contributed by atoms with van der Waals surface area (Å²) in [5.74, 6) is -5.02. The predicted molar refractivity (Wildman–Crippen MR) is 125 cm³/mol. The average molecular weight is 463 g/mol. The number of carbonyl (C=O) groups excluding carboxylic acids is 2. The fourth-order valence-corrected chi connectivity index (χ4v) is 5.11. The minimum atomic E-state index is -1.66. The van der Waals surface area contributed by atoms with Crippen molar-refractivity contribution in [1.82, 2.24) is 5.32 Å². The maximum atomic E-state index is 13.6. The Kier molecular flexibility index (Phi) is 6.05. The number of nitro benzene ring substituents is 1. The van der Waals surface area contributed by atoms with Crippen LogP contribution in [0.3, 0.4) is 0 Å². The smallest absolute Gasteiger partial charge is 0.325 e. The summed E-state index contributed by atoms with van der Waals surface area (Å²) in [6, 6.07) is 13.9. The minimum Gasteiger partial charge on any atom is -0.480 e. The van der Waals surface area contributed by atoms with Crippen molar-refractivity contribution in [2.45, 2.75) is 31.8 Å². The highest BCUT2D eigenvalue weighted by molar-refractivity contribution is 6.24. The van der Waals surface area contributed by atoms with E-state index in [1.807, 2.05) is 37.3 Å². The van der Waals surface area contributed by atoms with Gasteiger partial charge in [0.1, 0.15) is 5.54 Å². The number of hydrogen-bond acceptors (Lipinski definition) is 6. The van der Waals surface area contributed by atoms with Gasteiger partial charge in [-0.15, -0.1) is 0 Å². The van der Waals surface area contributed by atoms with Crippen LogP contribution in [0.1, 0.15) is 25.8 Å². The number of rotatable bonds is 7. The molecule has 0 aromatic heterocycles. The number of benzene rings is 2. The van der Waals surface area contributed by atoms with Crippen molar-refractivity contribution in [3.8, 4) is 0 Å². The predicted octanol–water partition coefficient (Wildman–Crippen LogP) is 3.26. The molecule has 2 heterocycles. The van der Waals surface area contributed by atoms with Crippen molar-refractivity contribution in [3.05, 3.63) is 76.4 Å². The molecule has 5 atom stereocenters. The fourth-order valence-electron chi connectivity index (χ4n) is 5.11. The van der Waals surface area contributed by atoms with Crippen LogP contribution in [-0.2, 0) is 14.4 Å². The highest BCUT2D eigenvalue weighted by Gasteiger charge is 2.69. The second-order valence-corrected chi connectivity index (χ2v) is 8.72. The summed E-state index contributed by atoms with van der Waals surface area (Å²) in [5.41, 5.74) is -0.995. The van der Waals surface area contributed by atoms with Gasteiger partial charge in [0, 0.05) is 18.2 Å². The fraction of sp³-hybridized carbons (Fsp3) is 0.320. The van der Waals surface area contributed by atoms with Gasteiger partial charge in [-0.25, -0.2) is 4.90 Å². The van der Waals surface area contributed by atoms with Gasteiger partial charge in [-0.3, -0.25) is 29.8 Å². The van der Waals surface area contributed by atoms with Gasteiger partial charge in [0.2, 0.25) is 11.8 Å². The van der Waals surface area contributed by atoms with Gasteiger partial charge in [-0.05, 0) is 17.5 Å². The van der Waals surface area contributed by atoms with Crippen LogP contribution >= 0.6 is 0 Å². The molecule has 176 valence electrons. The summed E-state index contributed by atoms with van der Waals surface area (Å²) in [6.07, 6.45) is 3.98. The highest BCUT2D eigenvalue weighted by atomic mass is 16.6. The van der Waals surface area contributed by atoms with E-state index in [-0.39, 0.29) is 11.4 Å². The third kappa shape index (κ3) is 3.58. The second kappa shape index (κ2) is 8.83. The molecule has 0 spiro atoms. The lowest BCUT2D eigenvalue weighted by molar-refractivity contribution is -0.384. The Hall–Kier alpha value is -3.85. The second-order valence-electron chi connectivity index (χ2n) is 8.72. The largest absolute Gasteiger partial charge is 0.480 e. The molecule has 2 aromatic carbocycles. The van der Waals surface area contributed by atoms with E-state index in [0.717, 1.165) is 16.5 Å². The van der Waals surface area contributed by atoms with E-state index < -0.39 is 52.0 Å². The Morgan fingerprint density at radius 1 is 1.21 bits per heavy atom. The lowest BCUT2D eigenvalue weighted by Crippen LogP contribution is -2.60. The first-order chi connectivity index (χ1) is 16.2. The Morgan fingerprint density at radius 3 is 2.53 bits per heavy atom. The number of carbonyl (C=O) groups is 3. The third-order valence-corrected chi connectivity index (χ3v) is 6.97. The SMILES string of the molecule is CCC(C)C1(C(=O)O)NC(C=Cc2ccccc2)C2C(=O)N(c3cccc([N+](=O)[O-])c3)C(=O)C21. The molecule has 2 aliphatic heterocycles. The van der Waals surface area contributed by atoms with Crippen LogP contribution in [0.25, 0.3) is 6.08 Å². The number of nitro groups is 1. The molecule has 4 rings (SSSR count). The van der Waals surface area contributed by atoms with E-state index >= 15 is 0 Å². The van der Waals surface area contributed by atoms with E-state index in [4.69, 9.17) is 0 Å². The molecular formula is C25H25N3O6. The number of nitrogens with one attached hydrogen (secondary N) is 1. The van der Waals surface area contributed by atoms with E-state index in [2.05, 4.69) is 5.32 Å². The summed E-state index contributed by atoms with van der Waals surface area (Å²) < 4.78 is 0. The molecule has 0 saturated carbocycles. The van der Waals surface area contributed by atoms with Crippen molar-refractivity contribution in [1.29, 1.82) is 0 Å². The third-order valence-electron chi connectivity index (χ3n) is 6.97. The van der Waals surface area contributed by atoms with E-state index in [1.54, 1.807) is 19.1 Å². The summed E-state index contributed by atoms with van der Waals surface area (Å²) in [6.45, 7) is 3.58. The van der Waals surface area contributed by atoms with Crippen LogP contribution in [0.4, 0.5) is 11.4 Å². The topological polar surface area (TPSA) is 130 Å². The summed E-state index contributed by atoms with van der Waals surface area (Å²) >= 11 is 0. The number of carboxylic acid groups (broad SMARTS) is 1. The number of non-ortho nitro benzene ring substituents is 1. The molecule has 0 aliphatic carbocycles. The molecule has 2 fully saturated rings. The number of imide groups is 1. The van der Waals surface area contributed by atoms with Gasteiger partial charge >= 0.3 is 5.97 Å². The lowest BCUT2D eigenvalue weighted by atomic mass is 9.72. The first-order valence-corrected chi connectivity index (χ1v) is 11.1. The van der Waals surface area contributed by atoms with Crippen LogP contribution in [0, 0.1) is 27.9 Å². The molecule has 9 nitrogen and oxygen atoms in total. The molecule has 34 heavy (non-hydrogen) atoms. The van der Waals surface area contributed by atoms with Crippen LogP contribution in [0.15, 0.2) is 60.7 Å². The molecule has 0 radical (unpaired) electrons. The number of aliphatic carboxylic acids is 1. The van der Waals surface area contributed by atoms with E-state index in [0.29, 0.717) is 6.42 Å². The minimum absolute atomic E-state index is 0.0628. The number of amides is 2. The van der Waals surface area contributed by atoms with Crippen molar-refractivity contribution >= 4 is 35.2 Å². The zero-order valence-corrected chi connectivity index (χ0v) is 18.8. The summed E-state index contributed by atoms with van der Waals surface area (Å²) in [4.78, 5) is 51.4. The normalized spacial score (nSPS) is 27.2. The molecule has 2 aliphatic rings. The molecule has 2 N–H and O–H groups in total.